The van der Waals surface area contributed by atoms with Gasteiger partial charge in [-0.3, -0.25) is 0 Å². The molecule has 1 N–H and O–H groups in total. The first-order valence-electron chi connectivity index (χ1n) is 6.10. The number of halogens is 2. The zero-order valence-electron chi connectivity index (χ0n) is 10.9. The van der Waals surface area contributed by atoms with E-state index >= 15 is 0 Å². The summed E-state index contributed by atoms with van der Waals surface area (Å²) >= 11 is 1.31. The summed E-state index contributed by atoms with van der Waals surface area (Å²) in [5, 5.41) is 11.7. The van der Waals surface area contributed by atoms with E-state index in [1.165, 1.54) is 11.3 Å². The van der Waals surface area contributed by atoms with Gasteiger partial charge in [-0.15, -0.1) is 0 Å². The van der Waals surface area contributed by atoms with Gasteiger partial charge < -0.3 is 5.32 Å². The summed E-state index contributed by atoms with van der Waals surface area (Å²) < 4.78 is 28.6. The van der Waals surface area contributed by atoms with Gasteiger partial charge in [-0.25, -0.2) is 13.8 Å². The highest BCUT2D eigenvalue weighted by Crippen LogP contribution is 2.31. The van der Waals surface area contributed by atoms with E-state index in [2.05, 4.69) is 10.3 Å². The molecule has 0 spiro atoms. The number of fused-ring (bicyclic) bond motifs is 1. The van der Waals surface area contributed by atoms with Crippen LogP contribution in [0.25, 0.3) is 10.2 Å². The smallest absolute Gasteiger partial charge is 0.188 e. The van der Waals surface area contributed by atoms with E-state index < -0.39 is 11.6 Å². The van der Waals surface area contributed by atoms with E-state index in [1.807, 2.05) is 25.1 Å². The summed E-state index contributed by atoms with van der Waals surface area (Å²) in [6.45, 7) is 1.96. The summed E-state index contributed by atoms with van der Waals surface area (Å²) in [6.07, 6.45) is 0. The van der Waals surface area contributed by atoms with Crippen molar-refractivity contribution in [3.05, 3.63) is 53.1 Å². The Balaban J connectivity index is 2.01. The number of hydrogen-bond acceptors (Lipinski definition) is 4. The summed E-state index contributed by atoms with van der Waals surface area (Å²) in [5.74, 6) is -1.64. The van der Waals surface area contributed by atoms with Gasteiger partial charge in [0, 0.05) is 0 Å². The van der Waals surface area contributed by atoms with Crippen LogP contribution in [0.2, 0.25) is 0 Å². The third-order valence-corrected chi connectivity index (χ3v) is 3.88. The molecule has 0 atom stereocenters. The fraction of sp³-hybridized carbons (Fsp3) is 0.0667. The van der Waals surface area contributed by atoms with Gasteiger partial charge in [-0.05, 0) is 36.8 Å². The van der Waals surface area contributed by atoms with Crippen molar-refractivity contribution < 1.29 is 8.78 Å². The monoisotopic (exact) mass is 301 g/mol. The molecule has 0 aliphatic carbocycles. The Hall–Kier alpha value is -2.52. The molecule has 0 aliphatic rings. The van der Waals surface area contributed by atoms with Crippen molar-refractivity contribution in [3.63, 3.8) is 0 Å². The van der Waals surface area contributed by atoms with Crippen LogP contribution in [-0.2, 0) is 0 Å². The molecular formula is C15H9F2N3S. The maximum Gasteiger partial charge on any atom is 0.188 e. The highest BCUT2D eigenvalue weighted by atomic mass is 32.1. The molecule has 6 heteroatoms. The van der Waals surface area contributed by atoms with Crippen LogP contribution in [0.1, 0.15) is 11.1 Å². The lowest BCUT2D eigenvalue weighted by Gasteiger charge is -2.05. The first-order valence-corrected chi connectivity index (χ1v) is 6.92. The van der Waals surface area contributed by atoms with Crippen molar-refractivity contribution in [2.45, 2.75) is 6.92 Å². The lowest BCUT2D eigenvalue weighted by Crippen LogP contribution is -1.98. The summed E-state index contributed by atoms with van der Waals surface area (Å²) in [6, 6.07) is 9.43. The number of aromatic nitrogens is 1. The number of benzene rings is 2. The quantitative estimate of drug-likeness (QED) is 0.758. The Kier molecular flexibility index (Phi) is 3.28. The van der Waals surface area contributed by atoms with Gasteiger partial charge in [0.2, 0.25) is 0 Å². The van der Waals surface area contributed by atoms with Crippen LogP contribution in [0, 0.1) is 29.9 Å². The van der Waals surface area contributed by atoms with Crippen molar-refractivity contribution in [2.24, 2.45) is 0 Å². The second-order valence-electron chi connectivity index (χ2n) is 4.54. The molecule has 0 unspecified atom stereocenters. The Morgan fingerprint density at radius 1 is 1.19 bits per heavy atom. The molecule has 0 bridgehead atoms. The van der Waals surface area contributed by atoms with E-state index in [4.69, 9.17) is 5.26 Å². The van der Waals surface area contributed by atoms with Crippen molar-refractivity contribution in [2.75, 3.05) is 5.32 Å². The summed E-state index contributed by atoms with van der Waals surface area (Å²) in [4.78, 5) is 4.28. The number of nitrogens with zero attached hydrogens (tertiary/aromatic N) is 2. The minimum atomic E-state index is -0.818. The van der Waals surface area contributed by atoms with Crippen LogP contribution < -0.4 is 5.32 Å². The number of anilines is 2. The predicted molar refractivity (Wildman–Crippen MR) is 78.7 cm³/mol. The third kappa shape index (κ3) is 2.56. The minimum Gasteiger partial charge on any atom is -0.327 e. The number of nitriles is 1. The van der Waals surface area contributed by atoms with Gasteiger partial charge in [0.15, 0.2) is 16.8 Å². The van der Waals surface area contributed by atoms with Crippen LogP contribution in [0.4, 0.5) is 19.6 Å². The molecule has 21 heavy (non-hydrogen) atoms. The summed E-state index contributed by atoms with van der Waals surface area (Å²) in [7, 11) is 0. The van der Waals surface area contributed by atoms with E-state index in [1.54, 1.807) is 6.07 Å². The molecule has 2 aromatic carbocycles. The van der Waals surface area contributed by atoms with Crippen molar-refractivity contribution in [3.8, 4) is 6.07 Å². The standard InChI is InChI=1S/C15H9F2N3S/c1-8-2-3-12-13(4-8)21-15(19-12)20-14-10(16)5-9(7-18)6-11(14)17/h2-6H,1H3,(H,19,20). The molecule has 0 radical (unpaired) electrons. The summed E-state index contributed by atoms with van der Waals surface area (Å²) in [5.41, 5.74) is 1.50. The van der Waals surface area contributed by atoms with E-state index in [9.17, 15) is 8.78 Å². The van der Waals surface area contributed by atoms with Gasteiger partial charge in [0.05, 0.1) is 21.8 Å². The molecule has 0 aliphatic heterocycles. The van der Waals surface area contributed by atoms with Crippen LogP contribution >= 0.6 is 11.3 Å². The molecule has 3 aromatic rings. The number of hydrogen-bond donors (Lipinski definition) is 1. The first kappa shape index (κ1) is 13.5. The number of nitrogens with one attached hydrogen (secondary N) is 1. The van der Waals surface area contributed by atoms with Crippen LogP contribution in [-0.4, -0.2) is 4.98 Å². The average molecular weight is 301 g/mol. The highest BCUT2D eigenvalue weighted by Gasteiger charge is 2.13. The molecule has 1 aromatic heterocycles. The van der Waals surface area contributed by atoms with Crippen LogP contribution in [0.5, 0.6) is 0 Å². The molecule has 0 saturated heterocycles. The number of aryl methyl sites for hydroxylation is 1. The van der Waals surface area contributed by atoms with Gasteiger partial charge in [0.25, 0.3) is 0 Å². The van der Waals surface area contributed by atoms with Gasteiger partial charge >= 0.3 is 0 Å². The largest absolute Gasteiger partial charge is 0.327 e. The second-order valence-corrected chi connectivity index (χ2v) is 5.57. The Morgan fingerprint density at radius 2 is 1.90 bits per heavy atom. The molecule has 0 fully saturated rings. The number of thiazole rings is 1. The molecule has 104 valence electrons. The van der Waals surface area contributed by atoms with E-state index in [0.717, 1.165) is 27.9 Å². The van der Waals surface area contributed by atoms with Crippen LogP contribution in [0.15, 0.2) is 30.3 Å². The van der Waals surface area contributed by atoms with Gasteiger partial charge in [-0.2, -0.15) is 5.26 Å². The lowest BCUT2D eigenvalue weighted by atomic mass is 10.2. The lowest BCUT2D eigenvalue weighted by molar-refractivity contribution is 0.590. The molecule has 3 rings (SSSR count). The third-order valence-electron chi connectivity index (χ3n) is 2.95. The average Bonchev–Trinajstić information content (AvgIpc) is 2.84. The minimum absolute atomic E-state index is 0.0597. The molecule has 1 heterocycles. The SMILES string of the molecule is Cc1ccc2nc(Nc3c(F)cc(C#N)cc3F)sc2c1. The molecule has 3 nitrogen and oxygen atoms in total. The Morgan fingerprint density at radius 3 is 2.57 bits per heavy atom. The van der Waals surface area contributed by atoms with E-state index in [-0.39, 0.29) is 11.3 Å². The van der Waals surface area contributed by atoms with Gasteiger partial charge in [-0.1, -0.05) is 17.4 Å². The highest BCUT2D eigenvalue weighted by molar-refractivity contribution is 7.22. The zero-order valence-corrected chi connectivity index (χ0v) is 11.8. The fourth-order valence-electron chi connectivity index (χ4n) is 1.95. The normalized spacial score (nSPS) is 10.6. The van der Waals surface area contributed by atoms with Crippen molar-refractivity contribution >= 4 is 32.4 Å². The number of rotatable bonds is 2. The van der Waals surface area contributed by atoms with E-state index in [0.29, 0.717) is 5.13 Å². The van der Waals surface area contributed by atoms with Crippen molar-refractivity contribution in [1.82, 2.24) is 4.98 Å². The second kappa shape index (κ2) is 5.11. The molecule has 0 saturated carbocycles. The van der Waals surface area contributed by atoms with Crippen LogP contribution in [0.3, 0.4) is 0 Å². The zero-order chi connectivity index (χ0) is 15.0. The first-order chi connectivity index (χ1) is 10.1. The maximum atomic E-state index is 13.8. The molecule has 0 amide bonds. The topological polar surface area (TPSA) is 48.7 Å². The fourth-order valence-corrected chi connectivity index (χ4v) is 2.92. The predicted octanol–water partition coefficient (Wildman–Crippen LogP) is 4.50. The maximum absolute atomic E-state index is 13.8. The van der Waals surface area contributed by atoms with Crippen molar-refractivity contribution in [1.29, 1.82) is 5.26 Å². The van der Waals surface area contributed by atoms with Gasteiger partial charge in [0.1, 0.15) is 5.69 Å². The Labute approximate surface area is 123 Å². The Bertz CT molecular complexity index is 857. The molecular weight excluding hydrogens is 292 g/mol.